The number of hydrogen-bond acceptors (Lipinski definition) is 6. The summed E-state index contributed by atoms with van der Waals surface area (Å²) >= 11 is 0. The Kier molecular flexibility index (Phi) is 10.8. The van der Waals surface area contributed by atoms with Crippen molar-refractivity contribution in [3.63, 3.8) is 0 Å². The van der Waals surface area contributed by atoms with Crippen molar-refractivity contribution in [1.29, 1.82) is 0 Å². The fraction of sp³-hybridized carbons (Fsp3) is 0.538. The lowest BCUT2D eigenvalue weighted by Crippen LogP contribution is -2.52. The van der Waals surface area contributed by atoms with Crippen molar-refractivity contribution in [3.05, 3.63) is 34.9 Å². The van der Waals surface area contributed by atoms with Crippen LogP contribution in [-0.2, 0) is 23.9 Å². The van der Waals surface area contributed by atoms with Crippen molar-refractivity contribution < 1.29 is 28.7 Å². The number of amides is 3. The number of carbonyl (C=O) groups excluding carboxylic acids is 4. The first-order chi connectivity index (χ1) is 16.2. The average Bonchev–Trinajstić information content (AvgIpc) is 2.75. The maximum absolute atomic E-state index is 13.7. The molecular weight excluding hydrogens is 450 g/mol. The number of alkyl carbamates (subject to hydrolysis) is 1. The molecule has 192 valence electrons. The van der Waals surface area contributed by atoms with Gasteiger partial charge in [0.05, 0.1) is 7.11 Å². The third kappa shape index (κ3) is 8.96. The predicted octanol–water partition coefficient (Wildman–Crippen LogP) is 2.99. The Balaban J connectivity index is 3.44. The minimum Gasteiger partial charge on any atom is -0.468 e. The van der Waals surface area contributed by atoms with Gasteiger partial charge < -0.3 is 20.1 Å². The zero-order chi connectivity index (χ0) is 26.9. The third-order valence-electron chi connectivity index (χ3n) is 5.15. The first-order valence-electron chi connectivity index (χ1n) is 11.4. The molecule has 0 saturated heterocycles. The highest BCUT2D eigenvalue weighted by molar-refractivity contribution is 5.94. The van der Waals surface area contributed by atoms with E-state index in [1.54, 1.807) is 32.9 Å². The van der Waals surface area contributed by atoms with Gasteiger partial charge in [-0.25, -0.2) is 4.79 Å². The molecule has 0 aromatic heterocycles. The lowest BCUT2D eigenvalue weighted by molar-refractivity contribution is -0.143. The second-order valence-corrected chi connectivity index (χ2v) is 9.65. The normalized spacial score (nSPS) is 12.7. The van der Waals surface area contributed by atoms with E-state index in [1.165, 1.54) is 7.11 Å². The van der Waals surface area contributed by atoms with Crippen LogP contribution in [0.5, 0.6) is 0 Å². The fourth-order valence-electron chi connectivity index (χ4n) is 3.37. The summed E-state index contributed by atoms with van der Waals surface area (Å²) in [7, 11) is 1.20. The first kappa shape index (κ1) is 29.5. The van der Waals surface area contributed by atoms with Crippen LogP contribution in [0, 0.1) is 32.2 Å². The van der Waals surface area contributed by atoms with Gasteiger partial charge in [0, 0.05) is 6.04 Å². The van der Waals surface area contributed by atoms with E-state index >= 15 is 0 Å². The second kappa shape index (κ2) is 12.8. The van der Waals surface area contributed by atoms with Gasteiger partial charge in [-0.05, 0) is 63.6 Å². The van der Waals surface area contributed by atoms with E-state index in [0.717, 1.165) is 16.0 Å². The number of methoxy groups -OCH3 is 1. The van der Waals surface area contributed by atoms with E-state index < -0.39 is 48.1 Å². The standard InChI is InChI=1S/C26H37N3O6/c1-10-29(24(32)20(14-16(2)3)28-25(33)35-26(6,7)8)22(23(31)27-15-21(30)34-9)19-13-11-12-17(4)18(19)5/h1,11-13,16,20,22H,14-15H2,2-9H3,(H,27,31)(H,28,33). The topological polar surface area (TPSA) is 114 Å². The number of nitrogens with zero attached hydrogens (tertiary/aromatic N) is 1. The smallest absolute Gasteiger partial charge is 0.408 e. The molecule has 0 aliphatic heterocycles. The number of ether oxygens (including phenoxy) is 2. The summed E-state index contributed by atoms with van der Waals surface area (Å²) < 4.78 is 9.91. The molecule has 0 fully saturated rings. The Bertz CT molecular complexity index is 974. The van der Waals surface area contributed by atoms with E-state index in [4.69, 9.17) is 11.2 Å². The molecule has 0 spiro atoms. The highest BCUT2D eigenvalue weighted by Gasteiger charge is 2.37. The maximum Gasteiger partial charge on any atom is 0.408 e. The predicted molar refractivity (Wildman–Crippen MR) is 132 cm³/mol. The highest BCUT2D eigenvalue weighted by atomic mass is 16.6. The van der Waals surface area contributed by atoms with Crippen LogP contribution in [0.15, 0.2) is 18.2 Å². The van der Waals surface area contributed by atoms with Crippen LogP contribution >= 0.6 is 0 Å². The molecule has 0 aliphatic rings. The van der Waals surface area contributed by atoms with Crippen LogP contribution in [0.3, 0.4) is 0 Å². The number of rotatable bonds is 9. The third-order valence-corrected chi connectivity index (χ3v) is 5.15. The number of benzene rings is 1. The Morgan fingerprint density at radius 1 is 1.14 bits per heavy atom. The van der Waals surface area contributed by atoms with E-state index in [2.05, 4.69) is 21.4 Å². The summed E-state index contributed by atoms with van der Waals surface area (Å²) in [4.78, 5) is 52.0. The maximum atomic E-state index is 13.7. The fourth-order valence-corrected chi connectivity index (χ4v) is 3.37. The van der Waals surface area contributed by atoms with Crippen molar-refractivity contribution in [3.8, 4) is 12.5 Å². The first-order valence-corrected chi connectivity index (χ1v) is 11.4. The second-order valence-electron chi connectivity index (χ2n) is 9.65. The minimum atomic E-state index is -1.24. The van der Waals surface area contributed by atoms with E-state index in [0.29, 0.717) is 5.56 Å². The SMILES string of the molecule is C#CN(C(=O)C(CC(C)C)NC(=O)OC(C)(C)C)C(C(=O)NCC(=O)OC)c1cccc(C)c1C. The molecule has 9 heteroatoms. The molecule has 0 heterocycles. The van der Waals surface area contributed by atoms with Gasteiger partial charge in [-0.2, -0.15) is 0 Å². The Morgan fingerprint density at radius 3 is 2.29 bits per heavy atom. The Morgan fingerprint density at radius 2 is 1.77 bits per heavy atom. The Hall–Kier alpha value is -3.54. The molecule has 9 nitrogen and oxygen atoms in total. The summed E-state index contributed by atoms with van der Waals surface area (Å²) in [6.07, 6.45) is 5.25. The number of aryl methyl sites for hydroxylation is 1. The van der Waals surface area contributed by atoms with E-state index in [1.807, 2.05) is 33.8 Å². The Labute approximate surface area is 207 Å². The number of esters is 1. The van der Waals surface area contributed by atoms with Crippen LogP contribution in [0.1, 0.15) is 63.8 Å². The highest BCUT2D eigenvalue weighted by Crippen LogP contribution is 2.27. The lowest BCUT2D eigenvalue weighted by atomic mass is 9.94. The van der Waals surface area contributed by atoms with Crippen LogP contribution in [0.2, 0.25) is 0 Å². The van der Waals surface area contributed by atoms with Crippen LogP contribution in [0.4, 0.5) is 4.79 Å². The molecule has 0 radical (unpaired) electrons. The molecule has 2 unspecified atom stereocenters. The van der Waals surface area contributed by atoms with Gasteiger partial charge >= 0.3 is 12.1 Å². The van der Waals surface area contributed by atoms with Crippen molar-refractivity contribution in [1.82, 2.24) is 15.5 Å². The summed E-state index contributed by atoms with van der Waals surface area (Å²) in [5.74, 6) is -1.94. The largest absolute Gasteiger partial charge is 0.468 e. The molecule has 1 aromatic carbocycles. The van der Waals surface area contributed by atoms with Crippen molar-refractivity contribution in [2.45, 2.75) is 72.6 Å². The van der Waals surface area contributed by atoms with Gasteiger partial charge in [0.15, 0.2) is 0 Å². The lowest BCUT2D eigenvalue weighted by Gasteiger charge is -2.31. The summed E-state index contributed by atoms with van der Waals surface area (Å²) in [6, 6.07) is 5.35. The summed E-state index contributed by atoms with van der Waals surface area (Å²) in [5.41, 5.74) is 1.39. The van der Waals surface area contributed by atoms with Gasteiger partial charge in [0.1, 0.15) is 24.2 Å². The van der Waals surface area contributed by atoms with Gasteiger partial charge in [0.25, 0.3) is 5.91 Å². The van der Waals surface area contributed by atoms with Crippen molar-refractivity contribution in [2.75, 3.05) is 13.7 Å². The number of nitrogens with one attached hydrogen (secondary N) is 2. The van der Waals surface area contributed by atoms with E-state index in [-0.39, 0.29) is 12.3 Å². The molecule has 2 atom stereocenters. The molecule has 0 aliphatic carbocycles. The van der Waals surface area contributed by atoms with Gasteiger partial charge in [-0.3, -0.25) is 19.3 Å². The number of carbonyl (C=O) groups is 4. The zero-order valence-corrected chi connectivity index (χ0v) is 21.9. The van der Waals surface area contributed by atoms with Crippen molar-refractivity contribution in [2.24, 2.45) is 5.92 Å². The molecule has 3 amide bonds. The van der Waals surface area contributed by atoms with Crippen LogP contribution in [0.25, 0.3) is 0 Å². The summed E-state index contributed by atoms with van der Waals surface area (Å²) in [6.45, 7) is 12.2. The number of hydrogen-bond donors (Lipinski definition) is 2. The van der Waals surface area contributed by atoms with Gasteiger partial charge in [-0.1, -0.05) is 38.5 Å². The van der Waals surface area contributed by atoms with Gasteiger partial charge in [-0.15, -0.1) is 0 Å². The zero-order valence-electron chi connectivity index (χ0n) is 21.9. The quantitative estimate of drug-likeness (QED) is 0.314. The monoisotopic (exact) mass is 487 g/mol. The molecule has 2 N–H and O–H groups in total. The molecule has 1 aromatic rings. The van der Waals surface area contributed by atoms with Crippen molar-refractivity contribution >= 4 is 23.9 Å². The molecule has 1 rings (SSSR count). The van der Waals surface area contributed by atoms with Gasteiger partial charge in [0.2, 0.25) is 5.91 Å². The van der Waals surface area contributed by atoms with Crippen LogP contribution in [-0.4, -0.2) is 54.1 Å². The average molecular weight is 488 g/mol. The molecule has 0 bridgehead atoms. The molecule has 35 heavy (non-hydrogen) atoms. The molecular formula is C26H37N3O6. The summed E-state index contributed by atoms with van der Waals surface area (Å²) in [5, 5.41) is 5.08. The minimum absolute atomic E-state index is 0.0193. The van der Waals surface area contributed by atoms with Crippen LogP contribution < -0.4 is 10.6 Å². The number of terminal acetylenes is 1. The molecule has 0 saturated carbocycles. The van der Waals surface area contributed by atoms with E-state index in [9.17, 15) is 19.2 Å².